The monoisotopic (exact) mass is 381 g/mol. The summed E-state index contributed by atoms with van der Waals surface area (Å²) >= 11 is 0. The Kier molecular flexibility index (Phi) is 13.4. The van der Waals surface area contributed by atoms with Gasteiger partial charge in [-0.25, -0.2) is 4.39 Å². The molecule has 0 aliphatic rings. The van der Waals surface area contributed by atoms with Crippen LogP contribution in [0.2, 0.25) is 0 Å². The van der Waals surface area contributed by atoms with Gasteiger partial charge in [-0.15, -0.1) is 0 Å². The quantitative estimate of drug-likeness (QED) is 0.159. The number of rotatable bonds is 17. The van der Waals surface area contributed by atoms with E-state index in [9.17, 15) is 14.5 Å². The molecule has 5 heteroatoms. The summed E-state index contributed by atoms with van der Waals surface area (Å²) < 4.78 is 19.0. The molecular formula is C22H36FNO3. The van der Waals surface area contributed by atoms with Crippen molar-refractivity contribution in [3.05, 3.63) is 34.1 Å². The third-order valence-corrected chi connectivity index (χ3v) is 4.88. The molecule has 0 fully saturated rings. The summed E-state index contributed by atoms with van der Waals surface area (Å²) in [6.07, 6.45) is 18.1. The lowest BCUT2D eigenvalue weighted by atomic mass is 10.0. The Morgan fingerprint density at radius 1 is 0.852 bits per heavy atom. The van der Waals surface area contributed by atoms with Crippen molar-refractivity contribution >= 4 is 5.69 Å². The van der Waals surface area contributed by atoms with Crippen LogP contribution >= 0.6 is 0 Å². The average molecular weight is 382 g/mol. The zero-order valence-electron chi connectivity index (χ0n) is 16.9. The number of halogens is 1. The van der Waals surface area contributed by atoms with E-state index in [4.69, 9.17) is 4.74 Å². The van der Waals surface area contributed by atoms with Gasteiger partial charge in [0.1, 0.15) is 0 Å². The molecule has 1 rings (SSSR count). The zero-order chi connectivity index (χ0) is 19.7. The predicted octanol–water partition coefficient (Wildman–Crippen LogP) is 7.59. The van der Waals surface area contributed by atoms with E-state index in [0.717, 1.165) is 18.9 Å². The van der Waals surface area contributed by atoms with Gasteiger partial charge in [0, 0.05) is 6.07 Å². The first-order chi connectivity index (χ1) is 13.1. The maximum absolute atomic E-state index is 13.7. The SMILES string of the molecule is CCCCCCCCCCCCCCCCOc1ccc([N+](=O)[O-])cc1F. The minimum absolute atomic E-state index is 0.0929. The van der Waals surface area contributed by atoms with E-state index in [1.54, 1.807) is 0 Å². The van der Waals surface area contributed by atoms with E-state index in [2.05, 4.69) is 6.92 Å². The molecule has 0 aliphatic heterocycles. The first kappa shape index (κ1) is 23.4. The molecule has 0 spiro atoms. The molecule has 0 aliphatic carbocycles. The third-order valence-electron chi connectivity index (χ3n) is 4.88. The first-order valence-corrected chi connectivity index (χ1v) is 10.7. The summed E-state index contributed by atoms with van der Waals surface area (Å²) in [4.78, 5) is 9.96. The van der Waals surface area contributed by atoms with Crippen molar-refractivity contribution in [3.63, 3.8) is 0 Å². The third kappa shape index (κ3) is 11.6. The molecule has 0 aromatic heterocycles. The Hall–Kier alpha value is -1.65. The van der Waals surface area contributed by atoms with Crippen molar-refractivity contribution in [1.29, 1.82) is 0 Å². The fourth-order valence-corrected chi connectivity index (χ4v) is 3.20. The number of unbranched alkanes of at least 4 members (excludes halogenated alkanes) is 13. The van der Waals surface area contributed by atoms with Crippen LogP contribution in [0.15, 0.2) is 18.2 Å². The molecule has 0 bridgehead atoms. The Morgan fingerprint density at radius 2 is 1.33 bits per heavy atom. The molecule has 0 saturated heterocycles. The van der Waals surface area contributed by atoms with Gasteiger partial charge < -0.3 is 4.74 Å². The van der Waals surface area contributed by atoms with E-state index in [1.165, 1.54) is 89.2 Å². The van der Waals surface area contributed by atoms with Crippen molar-refractivity contribution in [1.82, 2.24) is 0 Å². The molecular weight excluding hydrogens is 345 g/mol. The first-order valence-electron chi connectivity index (χ1n) is 10.7. The van der Waals surface area contributed by atoms with Crippen molar-refractivity contribution in [2.45, 2.75) is 96.8 Å². The number of ether oxygens (including phenoxy) is 1. The van der Waals surface area contributed by atoms with Crippen LogP contribution in [0.1, 0.15) is 96.8 Å². The van der Waals surface area contributed by atoms with Gasteiger partial charge >= 0.3 is 0 Å². The van der Waals surface area contributed by atoms with Crippen molar-refractivity contribution in [2.75, 3.05) is 6.61 Å². The van der Waals surface area contributed by atoms with Gasteiger partial charge in [0.05, 0.1) is 17.6 Å². The number of benzene rings is 1. The Balaban J connectivity index is 1.90. The van der Waals surface area contributed by atoms with Gasteiger partial charge in [0.25, 0.3) is 5.69 Å². The number of hydrogen-bond acceptors (Lipinski definition) is 3. The largest absolute Gasteiger partial charge is 0.491 e. The molecule has 154 valence electrons. The maximum Gasteiger partial charge on any atom is 0.272 e. The molecule has 27 heavy (non-hydrogen) atoms. The molecule has 0 N–H and O–H groups in total. The van der Waals surface area contributed by atoms with Gasteiger partial charge in [0.2, 0.25) is 0 Å². The second kappa shape index (κ2) is 15.4. The maximum atomic E-state index is 13.7. The smallest absolute Gasteiger partial charge is 0.272 e. The minimum Gasteiger partial charge on any atom is -0.491 e. The molecule has 0 unspecified atom stereocenters. The lowest BCUT2D eigenvalue weighted by molar-refractivity contribution is -0.385. The van der Waals surface area contributed by atoms with Crippen molar-refractivity contribution in [3.8, 4) is 5.75 Å². The summed E-state index contributed by atoms with van der Waals surface area (Å²) in [6, 6.07) is 3.50. The highest BCUT2D eigenvalue weighted by Crippen LogP contribution is 2.22. The lowest BCUT2D eigenvalue weighted by Crippen LogP contribution is -2.00. The van der Waals surface area contributed by atoms with Gasteiger partial charge in [-0.05, 0) is 12.5 Å². The molecule has 4 nitrogen and oxygen atoms in total. The molecule has 1 aromatic rings. The fraction of sp³-hybridized carbons (Fsp3) is 0.727. The highest BCUT2D eigenvalue weighted by atomic mass is 19.1. The highest BCUT2D eigenvalue weighted by Gasteiger charge is 2.11. The molecule has 0 amide bonds. The van der Waals surface area contributed by atoms with Crippen LogP contribution in [0, 0.1) is 15.9 Å². The van der Waals surface area contributed by atoms with E-state index < -0.39 is 10.7 Å². The minimum atomic E-state index is -0.672. The summed E-state index contributed by atoms with van der Waals surface area (Å²) in [7, 11) is 0. The number of nitro benzene ring substituents is 1. The lowest BCUT2D eigenvalue weighted by Gasteiger charge is -2.07. The summed E-state index contributed by atoms with van der Waals surface area (Å²) in [5.41, 5.74) is -0.253. The predicted molar refractivity (Wildman–Crippen MR) is 109 cm³/mol. The number of hydrogen-bond donors (Lipinski definition) is 0. The fourth-order valence-electron chi connectivity index (χ4n) is 3.20. The van der Waals surface area contributed by atoms with E-state index in [1.807, 2.05) is 0 Å². The topological polar surface area (TPSA) is 52.4 Å². The molecule has 0 radical (unpaired) electrons. The van der Waals surface area contributed by atoms with E-state index in [0.29, 0.717) is 6.61 Å². The normalized spacial score (nSPS) is 10.9. The summed E-state index contributed by atoms with van der Waals surface area (Å²) in [5, 5.41) is 10.6. The van der Waals surface area contributed by atoms with Gasteiger partial charge in [0.15, 0.2) is 11.6 Å². The Labute approximate surface area is 163 Å². The average Bonchev–Trinajstić information content (AvgIpc) is 2.65. The van der Waals surface area contributed by atoms with E-state index in [-0.39, 0.29) is 11.4 Å². The van der Waals surface area contributed by atoms with Crippen LogP contribution in [0.25, 0.3) is 0 Å². The summed E-state index contributed by atoms with van der Waals surface area (Å²) in [6.45, 7) is 2.71. The zero-order valence-corrected chi connectivity index (χ0v) is 16.9. The molecule has 0 heterocycles. The Morgan fingerprint density at radius 3 is 1.78 bits per heavy atom. The van der Waals surface area contributed by atoms with Gasteiger partial charge in [-0.3, -0.25) is 10.1 Å². The van der Waals surface area contributed by atoms with Crippen molar-refractivity contribution < 1.29 is 14.1 Å². The van der Waals surface area contributed by atoms with Gasteiger partial charge in [-0.2, -0.15) is 0 Å². The van der Waals surface area contributed by atoms with Crippen LogP contribution in [0.5, 0.6) is 5.75 Å². The van der Waals surface area contributed by atoms with E-state index >= 15 is 0 Å². The van der Waals surface area contributed by atoms with Crippen molar-refractivity contribution in [2.24, 2.45) is 0 Å². The molecule has 0 atom stereocenters. The second-order valence-electron chi connectivity index (χ2n) is 7.32. The molecule has 0 saturated carbocycles. The second-order valence-corrected chi connectivity index (χ2v) is 7.32. The number of non-ortho nitro benzene ring substituents is 1. The van der Waals surface area contributed by atoms with Crippen LogP contribution in [-0.4, -0.2) is 11.5 Å². The number of nitro groups is 1. The summed E-state index contributed by atoms with van der Waals surface area (Å²) in [5.74, 6) is -0.579. The van der Waals surface area contributed by atoms with Crippen LogP contribution < -0.4 is 4.74 Å². The highest BCUT2D eigenvalue weighted by molar-refractivity contribution is 5.37. The van der Waals surface area contributed by atoms with Gasteiger partial charge in [-0.1, -0.05) is 90.4 Å². The Bertz CT molecular complexity index is 522. The molecule has 1 aromatic carbocycles. The van der Waals surface area contributed by atoms with Crippen LogP contribution in [-0.2, 0) is 0 Å². The van der Waals surface area contributed by atoms with Crippen LogP contribution in [0.4, 0.5) is 10.1 Å². The standard InChI is InChI=1S/C22H36FNO3/c1-2-3-4-5-6-7-8-9-10-11-12-13-14-15-18-27-22-17-16-20(24(25)26)19-21(22)23/h16-17,19H,2-15,18H2,1H3. The number of nitrogens with zero attached hydrogens (tertiary/aromatic N) is 1. The van der Waals surface area contributed by atoms with Crippen LogP contribution in [0.3, 0.4) is 0 Å².